The molecule has 7 heterocycles. The van der Waals surface area contributed by atoms with Gasteiger partial charge < -0.3 is 9.38 Å². The van der Waals surface area contributed by atoms with Crippen LogP contribution >= 0.6 is 0 Å². The summed E-state index contributed by atoms with van der Waals surface area (Å²) in [6.07, 6.45) is 2.20. The van der Waals surface area contributed by atoms with Gasteiger partial charge in [-0.25, -0.2) is 125 Å². The summed E-state index contributed by atoms with van der Waals surface area (Å²) in [5, 5.41) is -3.30. The zero-order chi connectivity index (χ0) is 61.3. The highest BCUT2D eigenvalue weighted by atomic mass is 19.2. The fraction of sp³-hybridized carbons (Fsp3) is 0. The second kappa shape index (κ2) is 19.1. The van der Waals surface area contributed by atoms with Crippen LogP contribution in [0.4, 0.5) is 115 Å². The number of nitrogens with zero attached hydrogens (tertiary/aromatic N) is 4. The van der Waals surface area contributed by atoms with Crippen molar-refractivity contribution in [2.45, 2.75) is 0 Å². The summed E-state index contributed by atoms with van der Waals surface area (Å²) < 4.78 is 390. The number of hydrogen-bond donors (Lipinski definition) is 1. The summed E-state index contributed by atoms with van der Waals surface area (Å²) in [4.78, 5) is 14.0. The van der Waals surface area contributed by atoms with Gasteiger partial charge in [0.25, 0.3) is 0 Å². The van der Waals surface area contributed by atoms with Crippen molar-refractivity contribution in [2.75, 3.05) is 0 Å². The Labute approximate surface area is 450 Å². The molecule has 0 amide bonds. The molecule has 0 atom stereocenters. The fourth-order valence-electron chi connectivity index (χ4n) is 10.0. The lowest BCUT2D eigenvalue weighted by Gasteiger charge is -2.15. The number of hydrogen-bond acceptors (Lipinski definition) is 3. The molecule has 8 bridgehead atoms. The summed E-state index contributed by atoms with van der Waals surface area (Å²) >= 11 is 0. The quantitative estimate of drug-likeness (QED) is 0.101. The number of benzene rings is 5. The lowest BCUT2D eigenvalue weighted by Crippen LogP contribution is -2.23. The molecule has 8 aromatic rings. The molecule has 5 aromatic carbocycles. The van der Waals surface area contributed by atoms with Crippen molar-refractivity contribution in [1.82, 2.24) is 9.38 Å². The minimum Gasteiger partial charge on any atom is -0.354 e. The smallest absolute Gasteiger partial charge is 0.200 e. The third-order valence-corrected chi connectivity index (χ3v) is 13.7. The van der Waals surface area contributed by atoms with E-state index in [1.807, 2.05) is 0 Å². The molecule has 4 aliphatic rings. The standard InChI is InChI=1S/C55H10F25N5/c56-30-25(31(57)41(67)50(76)40(30)66)20-10-1-2-11(81-10)21(26-32(58)42(68)51(77)43(69)33(26)59)13-5-6-15(83-13)23(28-36(62)46(72)53(79)47(73)37(28)63)17-7-8-18-24(29-38(64)48(74)54(80)49(75)39(29)65)55-19(85(17)18)9-16(84-55)22(14-4-3-12(20)82-14)27-34(60)44(70)52(78)45(71)35(27)61/h1-9,83H. The van der Waals surface area contributed by atoms with E-state index in [1.54, 1.807) is 0 Å². The van der Waals surface area contributed by atoms with Crippen LogP contribution in [0.15, 0.2) is 74.9 Å². The third-order valence-electron chi connectivity index (χ3n) is 13.7. The minimum atomic E-state index is -2.87. The zero-order valence-electron chi connectivity index (χ0n) is 39.9. The van der Waals surface area contributed by atoms with Crippen LogP contribution < -0.4 is 16.0 Å². The Bertz CT molecular complexity index is 4850. The number of aromatic amines is 1. The Morgan fingerprint density at radius 2 is 0.576 bits per heavy atom. The van der Waals surface area contributed by atoms with E-state index in [4.69, 9.17) is 0 Å². The number of rotatable bonds is 5. The third kappa shape index (κ3) is 7.54. The molecule has 1 N–H and O–H groups in total. The Kier molecular flexibility index (Phi) is 12.5. The predicted octanol–water partition coefficient (Wildman–Crippen LogP) is 13.3. The summed E-state index contributed by atoms with van der Waals surface area (Å²) in [5.74, 6) is -69.6. The molecule has 30 heteroatoms. The largest absolute Gasteiger partial charge is 0.354 e. The molecular weight excluding hydrogens is 1210 g/mol. The molecule has 4 aliphatic heterocycles. The molecule has 430 valence electrons. The first kappa shape index (κ1) is 55.6. The van der Waals surface area contributed by atoms with Crippen molar-refractivity contribution >= 4 is 56.7 Å². The second-order valence-electron chi connectivity index (χ2n) is 18.1. The van der Waals surface area contributed by atoms with E-state index < -0.39 is 263 Å². The minimum absolute atomic E-state index is 0.380. The van der Waals surface area contributed by atoms with Gasteiger partial charge in [0, 0.05) is 38.6 Å². The summed E-state index contributed by atoms with van der Waals surface area (Å²) in [5.41, 5.74) is -27.4. The predicted molar refractivity (Wildman–Crippen MR) is 245 cm³/mol. The maximum Gasteiger partial charge on any atom is 0.200 e. The molecule has 0 unspecified atom stereocenters. The normalized spacial score (nSPS) is 14.7. The lowest BCUT2D eigenvalue weighted by atomic mass is 9.96. The van der Waals surface area contributed by atoms with Crippen LogP contribution in [-0.2, 0) is 0 Å². The van der Waals surface area contributed by atoms with Crippen LogP contribution in [0.3, 0.4) is 0 Å². The number of nitrogens with one attached hydrogen (secondary N) is 1. The number of aliphatic imine (C=N–C) groups is 3. The molecule has 12 rings (SSSR count). The summed E-state index contributed by atoms with van der Waals surface area (Å²) in [7, 11) is 0. The molecule has 5 nitrogen and oxygen atoms in total. The van der Waals surface area contributed by atoms with Crippen molar-refractivity contribution < 1.29 is 110 Å². The molecule has 85 heavy (non-hydrogen) atoms. The van der Waals surface area contributed by atoms with Crippen molar-refractivity contribution in [3.8, 4) is 11.1 Å². The van der Waals surface area contributed by atoms with Gasteiger partial charge in [0.05, 0.1) is 78.6 Å². The molecule has 0 saturated heterocycles. The first-order chi connectivity index (χ1) is 40.1. The van der Waals surface area contributed by atoms with Crippen molar-refractivity contribution in [2.24, 2.45) is 15.0 Å². The van der Waals surface area contributed by atoms with Crippen LogP contribution in [0, 0.1) is 145 Å². The second-order valence-corrected chi connectivity index (χ2v) is 18.1. The Morgan fingerprint density at radius 3 is 0.965 bits per heavy atom. The molecule has 0 radical (unpaired) electrons. The molecule has 0 spiro atoms. The van der Waals surface area contributed by atoms with Crippen molar-refractivity contribution in [3.63, 3.8) is 0 Å². The van der Waals surface area contributed by atoms with Gasteiger partial charge in [0.15, 0.2) is 116 Å². The maximum atomic E-state index is 16.5. The van der Waals surface area contributed by atoms with Gasteiger partial charge in [0.2, 0.25) is 29.1 Å². The first-order valence-corrected chi connectivity index (χ1v) is 23.0. The van der Waals surface area contributed by atoms with Crippen LogP contribution in [0.1, 0.15) is 27.9 Å². The number of aromatic nitrogens is 2. The van der Waals surface area contributed by atoms with Gasteiger partial charge in [-0.3, -0.25) is 0 Å². The number of fused-ring (bicyclic) bond motifs is 5. The first-order valence-electron chi connectivity index (χ1n) is 23.0. The van der Waals surface area contributed by atoms with Crippen LogP contribution in [0.5, 0.6) is 0 Å². The van der Waals surface area contributed by atoms with Crippen LogP contribution in [0.2, 0.25) is 0 Å². The van der Waals surface area contributed by atoms with Gasteiger partial charge in [-0.05, 0) is 54.6 Å². The number of allylic oxidation sites excluding steroid dienone is 6. The van der Waals surface area contributed by atoms with E-state index in [0.29, 0.717) is 59.0 Å². The molecule has 3 aromatic heterocycles. The number of halogens is 25. The van der Waals surface area contributed by atoms with Crippen molar-refractivity contribution in [1.29, 1.82) is 0 Å². The summed E-state index contributed by atoms with van der Waals surface area (Å²) in [6, 6.07) is 2.15. The van der Waals surface area contributed by atoms with E-state index in [9.17, 15) is 22.0 Å². The monoisotopic (exact) mass is 1220 g/mol. The Hall–Kier alpha value is -9.90. The zero-order valence-corrected chi connectivity index (χ0v) is 39.9. The fourth-order valence-corrected chi connectivity index (χ4v) is 10.0. The van der Waals surface area contributed by atoms with Gasteiger partial charge >= 0.3 is 0 Å². The molecule has 0 fully saturated rings. The van der Waals surface area contributed by atoms with E-state index in [0.717, 1.165) is 0 Å². The molecular formula is C55H10F25N5. The van der Waals surface area contributed by atoms with E-state index in [2.05, 4.69) is 20.0 Å². The van der Waals surface area contributed by atoms with Gasteiger partial charge in [-0.1, -0.05) is 0 Å². The SMILES string of the molecule is Fc1c(F)c(F)c(C2=C3C=CC(=N3)C(c3c(F)c(F)c(F)c(F)c3F)=C3C=CC(=N3)C(c3c(F)c(F)c(F)c(F)c3F)=c3ccc([nH]3)=C(c3c(F)c(F)c(F)c(F)c3F)c3ccc4c(-c5c(F)c(F)c(F)c(F)c5F)c5c(n34)=CC2=N5)c(F)c1F. The summed E-state index contributed by atoms with van der Waals surface area (Å²) in [6.45, 7) is 0. The van der Waals surface area contributed by atoms with E-state index >= 15 is 87.8 Å². The van der Waals surface area contributed by atoms with Crippen molar-refractivity contribution in [3.05, 3.63) is 249 Å². The Morgan fingerprint density at radius 1 is 0.271 bits per heavy atom. The number of H-pyrrole nitrogens is 1. The van der Waals surface area contributed by atoms with Gasteiger partial charge in [-0.15, -0.1) is 0 Å². The highest BCUT2D eigenvalue weighted by molar-refractivity contribution is 6.42. The highest BCUT2D eigenvalue weighted by Gasteiger charge is 2.40. The van der Waals surface area contributed by atoms with E-state index in [-0.39, 0.29) is 0 Å². The Balaban J connectivity index is 1.37. The topological polar surface area (TPSA) is 57.3 Å². The van der Waals surface area contributed by atoms with Gasteiger partial charge in [-0.2, -0.15) is 0 Å². The average molecular weight is 1220 g/mol. The lowest BCUT2D eigenvalue weighted by molar-refractivity contribution is 0.376. The molecule has 0 saturated carbocycles. The highest BCUT2D eigenvalue weighted by Crippen LogP contribution is 2.46. The van der Waals surface area contributed by atoms with Crippen LogP contribution in [0.25, 0.3) is 45.0 Å². The molecule has 0 aliphatic carbocycles. The van der Waals surface area contributed by atoms with Crippen LogP contribution in [-0.4, -0.2) is 26.5 Å². The van der Waals surface area contributed by atoms with Gasteiger partial charge in [0.1, 0.15) is 0 Å². The maximum absolute atomic E-state index is 16.5. The average Bonchev–Trinajstić information content (AvgIpc) is 2.14. The van der Waals surface area contributed by atoms with E-state index in [1.165, 1.54) is 0 Å².